The Bertz CT molecular complexity index is 109. The molecule has 1 heterocycles. The van der Waals surface area contributed by atoms with Gasteiger partial charge in [-0.3, -0.25) is 0 Å². The zero-order valence-electron chi connectivity index (χ0n) is 7.53. The van der Waals surface area contributed by atoms with Crippen LogP contribution in [0, 0.1) is 11.8 Å². The van der Waals surface area contributed by atoms with Crippen LogP contribution in [0.1, 0.15) is 27.7 Å². The van der Waals surface area contributed by atoms with Crippen LogP contribution in [0.5, 0.6) is 0 Å². The second-order valence-corrected chi connectivity index (χ2v) is 7.99. The zero-order valence-corrected chi connectivity index (χ0v) is 9.98. The highest BCUT2D eigenvalue weighted by Gasteiger charge is 2.30. The Morgan fingerprint density at radius 1 is 0.818 bits per heavy atom. The fourth-order valence-electron chi connectivity index (χ4n) is 0.824. The van der Waals surface area contributed by atoms with E-state index in [1.807, 2.05) is 0 Å². The Hall–Kier alpha value is 1.05. The van der Waals surface area contributed by atoms with Crippen LogP contribution in [0.4, 0.5) is 0 Å². The largest absolute Gasteiger partial charge is 0.131 e. The van der Waals surface area contributed by atoms with Gasteiger partial charge in [-0.25, -0.2) is 0 Å². The highest BCUT2D eigenvalue weighted by molar-refractivity contribution is 8.82. The molecule has 0 N–H and O–H groups in total. The molecule has 1 aliphatic rings. The summed E-state index contributed by atoms with van der Waals surface area (Å²) in [6.45, 7) is 9.25. The molecule has 0 spiro atoms. The van der Waals surface area contributed by atoms with E-state index in [4.69, 9.17) is 0 Å². The molecule has 0 aromatic heterocycles. The molecule has 0 saturated carbocycles. The Kier molecular flexibility index (Phi) is 3.99. The molecule has 11 heavy (non-hydrogen) atoms. The molecule has 0 unspecified atom stereocenters. The highest BCUT2D eigenvalue weighted by Crippen LogP contribution is 2.55. The minimum absolute atomic E-state index is 0.821. The van der Waals surface area contributed by atoms with Crippen LogP contribution < -0.4 is 0 Å². The molecular weight excluding hydrogens is 192 g/mol. The Morgan fingerprint density at radius 2 is 1.18 bits per heavy atom. The van der Waals surface area contributed by atoms with Crippen molar-refractivity contribution in [1.82, 2.24) is 0 Å². The van der Waals surface area contributed by atoms with Crippen molar-refractivity contribution < 1.29 is 0 Å². The van der Waals surface area contributed by atoms with Gasteiger partial charge in [-0.2, -0.15) is 0 Å². The summed E-state index contributed by atoms with van der Waals surface area (Å²) in [4.78, 5) is 0. The first-order valence-electron chi connectivity index (χ1n) is 4.09. The number of hydrogen-bond acceptors (Lipinski definition) is 3. The third-order valence-electron chi connectivity index (χ3n) is 1.60. The highest BCUT2D eigenvalue weighted by atomic mass is 33.1. The van der Waals surface area contributed by atoms with E-state index in [9.17, 15) is 0 Å². The van der Waals surface area contributed by atoms with E-state index in [0.29, 0.717) is 0 Å². The standard InChI is InChI=1S/C8H16S3/c1-5(2)7-9-8(6(3)4)11-10-7/h5-8H,1-4H3/t7-,8+. The predicted octanol–water partition coefficient (Wildman–Crippen LogP) is 4.08. The number of hydrogen-bond donors (Lipinski definition) is 0. The quantitative estimate of drug-likeness (QED) is 0.628. The summed E-state index contributed by atoms with van der Waals surface area (Å²) < 4.78 is 1.65. The van der Waals surface area contributed by atoms with E-state index in [2.05, 4.69) is 61.0 Å². The molecule has 1 saturated heterocycles. The smallest absolute Gasteiger partial charge is 0.0640 e. The van der Waals surface area contributed by atoms with Crippen molar-refractivity contribution >= 4 is 33.3 Å². The predicted molar refractivity (Wildman–Crippen MR) is 60.0 cm³/mol. The summed E-state index contributed by atoms with van der Waals surface area (Å²) in [5, 5.41) is 0. The van der Waals surface area contributed by atoms with Gasteiger partial charge in [0.15, 0.2) is 0 Å². The van der Waals surface area contributed by atoms with Crippen molar-refractivity contribution in [2.24, 2.45) is 11.8 Å². The van der Waals surface area contributed by atoms with Crippen LogP contribution in [0.2, 0.25) is 0 Å². The molecule has 0 nitrogen and oxygen atoms in total. The topological polar surface area (TPSA) is 0 Å². The average molecular weight is 208 g/mol. The lowest BCUT2D eigenvalue weighted by atomic mass is 10.3. The van der Waals surface area contributed by atoms with Gasteiger partial charge < -0.3 is 0 Å². The van der Waals surface area contributed by atoms with Gasteiger partial charge in [-0.05, 0) is 11.8 Å². The van der Waals surface area contributed by atoms with Gasteiger partial charge in [0.2, 0.25) is 0 Å². The maximum absolute atomic E-state index is 2.31. The Morgan fingerprint density at radius 3 is 1.36 bits per heavy atom. The molecule has 2 atom stereocenters. The van der Waals surface area contributed by atoms with Crippen LogP contribution in [0.3, 0.4) is 0 Å². The van der Waals surface area contributed by atoms with Crippen LogP contribution in [0.25, 0.3) is 0 Å². The summed E-state index contributed by atoms with van der Waals surface area (Å²) >= 11 is 2.15. The normalized spacial score (nSPS) is 32.2. The minimum atomic E-state index is 0.821. The van der Waals surface area contributed by atoms with Gasteiger partial charge in [-0.1, -0.05) is 49.3 Å². The molecule has 0 aromatic rings. The SMILES string of the molecule is CC(C)[C@@H]1SS[C@H](C(C)C)S1. The fourth-order valence-corrected chi connectivity index (χ4v) is 7.30. The molecule has 66 valence electrons. The third kappa shape index (κ3) is 2.78. The van der Waals surface area contributed by atoms with Gasteiger partial charge in [0.05, 0.1) is 9.16 Å². The van der Waals surface area contributed by atoms with Gasteiger partial charge in [0.1, 0.15) is 0 Å². The second-order valence-electron chi connectivity index (χ2n) is 3.55. The van der Waals surface area contributed by atoms with Gasteiger partial charge in [-0.15, -0.1) is 11.8 Å². The third-order valence-corrected chi connectivity index (χ3v) is 8.36. The fraction of sp³-hybridized carbons (Fsp3) is 1.00. The Labute approximate surface area is 82.1 Å². The molecule has 1 aliphatic heterocycles. The first-order chi connectivity index (χ1) is 5.11. The van der Waals surface area contributed by atoms with Gasteiger partial charge >= 0.3 is 0 Å². The first kappa shape index (κ1) is 10.1. The average Bonchev–Trinajstić information content (AvgIpc) is 2.33. The van der Waals surface area contributed by atoms with Crippen molar-refractivity contribution in [3.05, 3.63) is 0 Å². The summed E-state index contributed by atoms with van der Waals surface area (Å²) in [6.07, 6.45) is 0. The van der Waals surface area contributed by atoms with Crippen molar-refractivity contribution in [1.29, 1.82) is 0 Å². The van der Waals surface area contributed by atoms with E-state index in [0.717, 1.165) is 21.0 Å². The van der Waals surface area contributed by atoms with E-state index in [1.165, 1.54) is 0 Å². The minimum Gasteiger partial charge on any atom is -0.131 e. The molecule has 0 amide bonds. The summed E-state index contributed by atoms with van der Waals surface area (Å²) in [6, 6.07) is 0. The summed E-state index contributed by atoms with van der Waals surface area (Å²) in [7, 11) is 4.13. The van der Waals surface area contributed by atoms with E-state index in [1.54, 1.807) is 0 Å². The monoisotopic (exact) mass is 208 g/mol. The number of rotatable bonds is 2. The maximum Gasteiger partial charge on any atom is 0.0640 e. The Balaban J connectivity index is 2.35. The van der Waals surface area contributed by atoms with E-state index in [-0.39, 0.29) is 0 Å². The lowest BCUT2D eigenvalue weighted by molar-refractivity contribution is 0.703. The van der Waals surface area contributed by atoms with Gasteiger partial charge in [0.25, 0.3) is 0 Å². The van der Waals surface area contributed by atoms with E-state index < -0.39 is 0 Å². The number of thioether (sulfide) groups is 1. The molecule has 0 bridgehead atoms. The molecule has 0 aromatic carbocycles. The molecule has 1 fully saturated rings. The second kappa shape index (κ2) is 4.33. The van der Waals surface area contributed by atoms with Gasteiger partial charge in [0, 0.05) is 0 Å². The van der Waals surface area contributed by atoms with Crippen LogP contribution in [0.15, 0.2) is 0 Å². The molecule has 0 aliphatic carbocycles. The van der Waals surface area contributed by atoms with Crippen molar-refractivity contribution in [2.75, 3.05) is 0 Å². The lowest BCUT2D eigenvalue weighted by Crippen LogP contribution is -2.07. The summed E-state index contributed by atoms with van der Waals surface area (Å²) in [5.41, 5.74) is 0. The van der Waals surface area contributed by atoms with Crippen LogP contribution in [-0.2, 0) is 0 Å². The van der Waals surface area contributed by atoms with Crippen molar-refractivity contribution in [2.45, 2.75) is 36.9 Å². The zero-order chi connectivity index (χ0) is 8.43. The molecular formula is C8H16S3. The first-order valence-corrected chi connectivity index (χ1v) is 7.30. The summed E-state index contributed by atoms with van der Waals surface area (Å²) in [5.74, 6) is 1.64. The molecule has 0 radical (unpaired) electrons. The van der Waals surface area contributed by atoms with Crippen molar-refractivity contribution in [3.63, 3.8) is 0 Å². The van der Waals surface area contributed by atoms with Crippen LogP contribution in [-0.4, -0.2) is 9.16 Å². The van der Waals surface area contributed by atoms with Crippen LogP contribution >= 0.6 is 33.3 Å². The van der Waals surface area contributed by atoms with Crippen molar-refractivity contribution in [3.8, 4) is 0 Å². The maximum atomic E-state index is 2.31. The molecule has 1 rings (SSSR count). The van der Waals surface area contributed by atoms with E-state index >= 15 is 0 Å². The lowest BCUT2D eigenvalue weighted by Gasteiger charge is -2.13. The molecule has 3 heteroatoms.